The van der Waals surface area contributed by atoms with E-state index in [1.165, 1.54) is 11.1 Å². The molecule has 2 heterocycles. The summed E-state index contributed by atoms with van der Waals surface area (Å²) in [5, 5.41) is 0. The molecule has 0 aromatic heterocycles. The molecule has 0 spiro atoms. The van der Waals surface area contributed by atoms with Crippen LogP contribution in [0.5, 0.6) is 0 Å². The summed E-state index contributed by atoms with van der Waals surface area (Å²) in [4.78, 5) is 0. The van der Waals surface area contributed by atoms with Crippen molar-refractivity contribution in [3.8, 4) is 0 Å². The van der Waals surface area contributed by atoms with Gasteiger partial charge in [-0.3, -0.25) is 0 Å². The number of ether oxygens (including phenoxy) is 1. The monoisotopic (exact) mass is 172 g/mol. The second kappa shape index (κ2) is 1.88. The van der Waals surface area contributed by atoms with Gasteiger partial charge in [0.05, 0.1) is 0 Å². The molecule has 1 nitrogen and oxygen atoms in total. The van der Waals surface area contributed by atoms with Crippen LogP contribution in [0.15, 0.2) is 36.4 Å². The molecule has 0 N–H and O–H groups in total. The fourth-order valence-corrected chi connectivity index (χ4v) is 2.46. The number of fused-ring (bicyclic) bond motifs is 5. The topological polar surface area (TPSA) is 9.23 Å². The summed E-state index contributed by atoms with van der Waals surface area (Å²) in [6.45, 7) is 4.25. The number of benzene rings is 1. The highest BCUT2D eigenvalue weighted by atomic mass is 16.5. The molecule has 2 aliphatic heterocycles. The Bertz CT molecular complexity index is 370. The first-order valence-electron chi connectivity index (χ1n) is 4.65. The van der Waals surface area contributed by atoms with E-state index in [0.29, 0.717) is 0 Å². The number of rotatable bonds is 0. The largest absolute Gasteiger partial charge is 0.351 e. The van der Waals surface area contributed by atoms with E-state index in [4.69, 9.17) is 4.74 Å². The van der Waals surface area contributed by atoms with Crippen molar-refractivity contribution in [2.45, 2.75) is 25.0 Å². The quantitative estimate of drug-likeness (QED) is 0.547. The maximum atomic E-state index is 6.01. The van der Waals surface area contributed by atoms with Gasteiger partial charge in [-0.15, -0.1) is 0 Å². The minimum Gasteiger partial charge on any atom is -0.351 e. The first-order chi connectivity index (χ1) is 6.14. The molecule has 0 aliphatic carbocycles. The molecule has 0 amide bonds. The molecule has 2 bridgehead atoms. The fraction of sp³-hybridized carbons (Fsp3) is 0.333. The normalized spacial score (nSPS) is 39.5. The van der Waals surface area contributed by atoms with E-state index < -0.39 is 0 Å². The van der Waals surface area contributed by atoms with Crippen LogP contribution in [0.1, 0.15) is 25.0 Å². The minimum atomic E-state index is -0.175. The lowest BCUT2D eigenvalue weighted by Crippen LogP contribution is -2.17. The van der Waals surface area contributed by atoms with Crippen LogP contribution in [0.25, 0.3) is 0 Å². The van der Waals surface area contributed by atoms with Crippen LogP contribution in [0.3, 0.4) is 0 Å². The summed E-state index contributed by atoms with van der Waals surface area (Å²) < 4.78 is 6.01. The van der Waals surface area contributed by atoms with Gasteiger partial charge in [0.25, 0.3) is 0 Å². The third kappa shape index (κ3) is 0.713. The Balaban J connectivity index is 2.35. The molecular weight excluding hydrogens is 160 g/mol. The molecule has 0 radical (unpaired) electrons. The molecule has 13 heavy (non-hydrogen) atoms. The molecule has 1 aromatic carbocycles. The van der Waals surface area contributed by atoms with Gasteiger partial charge in [-0.1, -0.05) is 24.3 Å². The second-order valence-electron chi connectivity index (χ2n) is 4.20. The van der Waals surface area contributed by atoms with Crippen molar-refractivity contribution in [1.29, 1.82) is 0 Å². The standard InChI is InChI=1S/C12H12O/c1-11-7-8-12(2,13-11)10-6-4-3-5-9(10)11/h3-8H,1-2H3/t11-,12+. The van der Waals surface area contributed by atoms with Gasteiger partial charge in [-0.2, -0.15) is 0 Å². The lowest BCUT2D eigenvalue weighted by molar-refractivity contribution is -0.0495. The second-order valence-corrected chi connectivity index (χ2v) is 4.20. The Hall–Kier alpha value is -1.08. The van der Waals surface area contributed by atoms with Gasteiger partial charge in [0.1, 0.15) is 11.2 Å². The Morgan fingerprint density at radius 3 is 1.85 bits per heavy atom. The van der Waals surface area contributed by atoms with Crippen LogP contribution in [-0.4, -0.2) is 0 Å². The van der Waals surface area contributed by atoms with Crippen molar-refractivity contribution >= 4 is 0 Å². The van der Waals surface area contributed by atoms with Crippen molar-refractivity contribution in [2.24, 2.45) is 0 Å². The van der Waals surface area contributed by atoms with E-state index in [1.54, 1.807) is 0 Å². The molecule has 1 aromatic rings. The van der Waals surface area contributed by atoms with E-state index in [9.17, 15) is 0 Å². The molecule has 0 saturated carbocycles. The highest BCUT2D eigenvalue weighted by Gasteiger charge is 2.50. The summed E-state index contributed by atoms with van der Waals surface area (Å²) in [7, 11) is 0. The Morgan fingerprint density at radius 2 is 1.38 bits per heavy atom. The molecule has 2 atom stereocenters. The van der Waals surface area contributed by atoms with E-state index in [2.05, 4.69) is 50.3 Å². The van der Waals surface area contributed by atoms with Crippen molar-refractivity contribution < 1.29 is 4.74 Å². The highest BCUT2D eigenvalue weighted by Crippen LogP contribution is 2.53. The first kappa shape index (κ1) is 7.34. The highest BCUT2D eigenvalue weighted by molar-refractivity contribution is 5.49. The first-order valence-corrected chi connectivity index (χ1v) is 4.65. The number of hydrogen-bond donors (Lipinski definition) is 0. The van der Waals surface area contributed by atoms with E-state index in [1.807, 2.05) is 0 Å². The van der Waals surface area contributed by atoms with Crippen LogP contribution < -0.4 is 0 Å². The van der Waals surface area contributed by atoms with Crippen LogP contribution in [0.4, 0.5) is 0 Å². The predicted molar refractivity (Wildman–Crippen MR) is 51.4 cm³/mol. The van der Waals surface area contributed by atoms with E-state index >= 15 is 0 Å². The van der Waals surface area contributed by atoms with Crippen LogP contribution in [0, 0.1) is 0 Å². The lowest BCUT2D eigenvalue weighted by atomic mass is 9.84. The summed E-state index contributed by atoms with van der Waals surface area (Å²) in [6.07, 6.45) is 4.32. The van der Waals surface area contributed by atoms with Crippen LogP contribution >= 0.6 is 0 Å². The van der Waals surface area contributed by atoms with Gasteiger partial charge < -0.3 is 4.74 Å². The average molecular weight is 172 g/mol. The zero-order chi connectivity index (χ0) is 9.10. The SMILES string of the molecule is C[C@]12C=C[C@](C)(O1)c1ccccc12. The van der Waals surface area contributed by atoms with Gasteiger partial charge in [-0.25, -0.2) is 0 Å². The van der Waals surface area contributed by atoms with Gasteiger partial charge in [-0.05, 0) is 37.1 Å². The maximum Gasteiger partial charge on any atom is 0.111 e. The van der Waals surface area contributed by atoms with Gasteiger partial charge >= 0.3 is 0 Å². The van der Waals surface area contributed by atoms with Crippen molar-refractivity contribution in [3.63, 3.8) is 0 Å². The zero-order valence-corrected chi connectivity index (χ0v) is 7.87. The number of hydrogen-bond acceptors (Lipinski definition) is 1. The van der Waals surface area contributed by atoms with Gasteiger partial charge in [0.2, 0.25) is 0 Å². The minimum absolute atomic E-state index is 0.175. The molecule has 0 saturated heterocycles. The summed E-state index contributed by atoms with van der Waals surface area (Å²) >= 11 is 0. The van der Waals surface area contributed by atoms with Crippen LogP contribution in [-0.2, 0) is 15.9 Å². The van der Waals surface area contributed by atoms with Crippen molar-refractivity contribution in [2.75, 3.05) is 0 Å². The van der Waals surface area contributed by atoms with E-state index in [0.717, 1.165) is 0 Å². The van der Waals surface area contributed by atoms with Gasteiger partial charge in [0, 0.05) is 0 Å². The Labute approximate surface area is 78.0 Å². The van der Waals surface area contributed by atoms with Crippen LogP contribution in [0.2, 0.25) is 0 Å². The lowest BCUT2D eigenvalue weighted by Gasteiger charge is -2.18. The molecule has 0 unspecified atom stereocenters. The van der Waals surface area contributed by atoms with Crippen molar-refractivity contribution in [3.05, 3.63) is 47.5 Å². The molecule has 66 valence electrons. The maximum absolute atomic E-state index is 6.01. The molecule has 3 rings (SSSR count). The smallest absolute Gasteiger partial charge is 0.111 e. The summed E-state index contributed by atoms with van der Waals surface area (Å²) in [5.74, 6) is 0. The van der Waals surface area contributed by atoms with E-state index in [-0.39, 0.29) is 11.2 Å². The summed E-state index contributed by atoms with van der Waals surface area (Å²) in [5.41, 5.74) is 2.29. The Morgan fingerprint density at radius 1 is 0.923 bits per heavy atom. The Kier molecular flexibility index (Phi) is 1.06. The molecule has 2 aliphatic rings. The summed E-state index contributed by atoms with van der Waals surface area (Å²) in [6, 6.07) is 8.46. The van der Waals surface area contributed by atoms with Gasteiger partial charge in [0.15, 0.2) is 0 Å². The zero-order valence-electron chi connectivity index (χ0n) is 7.87. The average Bonchev–Trinajstić information content (AvgIpc) is 2.55. The van der Waals surface area contributed by atoms with Crippen molar-refractivity contribution in [1.82, 2.24) is 0 Å². The predicted octanol–water partition coefficient (Wildman–Crippen LogP) is 2.72. The molecular formula is C12H12O. The third-order valence-corrected chi connectivity index (χ3v) is 3.14. The molecule has 0 fully saturated rings. The molecule has 1 heteroatoms. The fourth-order valence-electron chi connectivity index (χ4n) is 2.46. The third-order valence-electron chi connectivity index (χ3n) is 3.14.